The summed E-state index contributed by atoms with van der Waals surface area (Å²) in [4.78, 5) is 8.69. The normalized spacial score (nSPS) is 18.6. The Bertz CT molecular complexity index is 750. The molecule has 0 aliphatic carbocycles. The number of aromatic nitrogens is 3. The van der Waals surface area contributed by atoms with Crippen LogP contribution in [0.4, 0.5) is 0 Å². The number of rotatable bonds is 5. The Morgan fingerprint density at radius 3 is 3.00 bits per heavy atom. The molecule has 0 N–H and O–H groups in total. The Hall–Kier alpha value is -1.25. The zero-order chi connectivity index (χ0) is 15.7. The Morgan fingerprint density at radius 2 is 2.32 bits per heavy atom. The van der Waals surface area contributed by atoms with Crippen LogP contribution in [0.2, 0.25) is 0 Å². The summed E-state index contributed by atoms with van der Waals surface area (Å²) in [6.45, 7) is 3.65. The Balaban J connectivity index is 1.71. The molecule has 0 saturated heterocycles. The van der Waals surface area contributed by atoms with E-state index in [0.29, 0.717) is 19.0 Å². The van der Waals surface area contributed by atoms with Gasteiger partial charge in [0.1, 0.15) is 5.82 Å². The third kappa shape index (κ3) is 3.56. The predicted molar refractivity (Wildman–Crippen MR) is 86.1 cm³/mol. The Kier molecular flexibility index (Phi) is 4.33. The van der Waals surface area contributed by atoms with Crippen molar-refractivity contribution >= 4 is 21.4 Å². The lowest BCUT2D eigenvalue weighted by atomic mass is 9.99. The molecule has 0 saturated carbocycles. The lowest BCUT2D eigenvalue weighted by molar-refractivity contribution is 0.277. The van der Waals surface area contributed by atoms with E-state index in [1.54, 1.807) is 15.6 Å². The summed E-state index contributed by atoms with van der Waals surface area (Å²) in [6, 6.07) is 0. The first kappa shape index (κ1) is 15.6. The van der Waals surface area contributed by atoms with E-state index in [0.717, 1.165) is 35.9 Å². The highest BCUT2D eigenvalue weighted by molar-refractivity contribution is 7.88. The standard InChI is InChI=1S/C14H20N4O2S2/c1-11-16-13(10-21-11)9-18(22(2,19)20)8-12-3-4-14-15-5-6-17(14)7-12/h5-6,10,12H,3-4,7-9H2,1-2H3/t12-/m0/s1. The maximum absolute atomic E-state index is 12.1. The van der Waals surface area contributed by atoms with Gasteiger partial charge in [0.25, 0.3) is 0 Å². The molecular weight excluding hydrogens is 320 g/mol. The molecule has 6 nitrogen and oxygen atoms in total. The lowest BCUT2D eigenvalue weighted by Gasteiger charge is -2.28. The molecule has 22 heavy (non-hydrogen) atoms. The van der Waals surface area contributed by atoms with Gasteiger partial charge in [0.05, 0.1) is 23.5 Å². The van der Waals surface area contributed by atoms with Crippen molar-refractivity contribution in [1.29, 1.82) is 0 Å². The molecule has 0 fully saturated rings. The minimum Gasteiger partial charge on any atom is -0.335 e. The summed E-state index contributed by atoms with van der Waals surface area (Å²) < 4.78 is 27.9. The fraction of sp³-hybridized carbons (Fsp3) is 0.571. The van der Waals surface area contributed by atoms with E-state index in [1.807, 2.05) is 24.7 Å². The molecule has 2 aromatic rings. The van der Waals surface area contributed by atoms with Crippen LogP contribution in [0.5, 0.6) is 0 Å². The smallest absolute Gasteiger partial charge is 0.211 e. The molecular formula is C14H20N4O2S2. The molecule has 0 bridgehead atoms. The van der Waals surface area contributed by atoms with Crippen molar-refractivity contribution in [3.63, 3.8) is 0 Å². The summed E-state index contributed by atoms with van der Waals surface area (Å²) >= 11 is 1.55. The molecule has 0 radical (unpaired) electrons. The topological polar surface area (TPSA) is 68.1 Å². The van der Waals surface area contributed by atoms with Crippen LogP contribution in [-0.4, -0.2) is 40.1 Å². The second-order valence-corrected chi connectivity index (χ2v) is 8.86. The van der Waals surface area contributed by atoms with Crippen molar-refractivity contribution in [2.24, 2.45) is 5.92 Å². The highest BCUT2D eigenvalue weighted by atomic mass is 32.2. The second-order valence-electron chi connectivity index (χ2n) is 5.81. The van der Waals surface area contributed by atoms with Gasteiger partial charge in [-0.15, -0.1) is 11.3 Å². The highest BCUT2D eigenvalue weighted by Crippen LogP contribution is 2.22. The molecule has 120 valence electrons. The Morgan fingerprint density at radius 1 is 1.50 bits per heavy atom. The highest BCUT2D eigenvalue weighted by Gasteiger charge is 2.26. The summed E-state index contributed by atoms with van der Waals surface area (Å²) in [7, 11) is -3.24. The fourth-order valence-corrected chi connectivity index (χ4v) is 4.31. The van der Waals surface area contributed by atoms with E-state index < -0.39 is 10.0 Å². The number of hydrogen-bond donors (Lipinski definition) is 0. The van der Waals surface area contributed by atoms with Crippen molar-refractivity contribution in [3.05, 3.63) is 34.3 Å². The van der Waals surface area contributed by atoms with Gasteiger partial charge in [0.2, 0.25) is 10.0 Å². The largest absolute Gasteiger partial charge is 0.335 e. The average Bonchev–Trinajstić information content (AvgIpc) is 3.05. The molecule has 1 aliphatic rings. The second kappa shape index (κ2) is 6.10. The summed E-state index contributed by atoms with van der Waals surface area (Å²) in [6.07, 6.45) is 6.93. The van der Waals surface area contributed by atoms with Gasteiger partial charge < -0.3 is 4.57 Å². The summed E-state index contributed by atoms with van der Waals surface area (Å²) in [5.74, 6) is 1.41. The first-order valence-corrected chi connectivity index (χ1v) is 10.0. The van der Waals surface area contributed by atoms with E-state index in [-0.39, 0.29) is 0 Å². The number of sulfonamides is 1. The molecule has 8 heteroatoms. The quantitative estimate of drug-likeness (QED) is 0.830. The number of nitrogens with zero attached hydrogens (tertiary/aromatic N) is 4. The van der Waals surface area contributed by atoms with Crippen LogP contribution in [-0.2, 0) is 29.5 Å². The summed E-state index contributed by atoms with van der Waals surface area (Å²) in [5, 5.41) is 2.90. The zero-order valence-electron chi connectivity index (χ0n) is 12.8. The van der Waals surface area contributed by atoms with E-state index in [9.17, 15) is 8.42 Å². The van der Waals surface area contributed by atoms with Gasteiger partial charge in [-0.2, -0.15) is 4.31 Å². The van der Waals surface area contributed by atoms with Crippen LogP contribution in [0.15, 0.2) is 17.8 Å². The van der Waals surface area contributed by atoms with Gasteiger partial charge in [-0.3, -0.25) is 0 Å². The van der Waals surface area contributed by atoms with Gasteiger partial charge in [0, 0.05) is 37.3 Å². The van der Waals surface area contributed by atoms with Crippen molar-refractivity contribution in [2.75, 3.05) is 12.8 Å². The molecule has 3 rings (SSSR count). The molecule has 1 atom stereocenters. The minimum absolute atomic E-state index is 0.316. The maximum Gasteiger partial charge on any atom is 0.211 e. The molecule has 2 aromatic heterocycles. The van der Waals surface area contributed by atoms with E-state index in [4.69, 9.17) is 0 Å². The van der Waals surface area contributed by atoms with Crippen LogP contribution >= 0.6 is 11.3 Å². The maximum atomic E-state index is 12.1. The van der Waals surface area contributed by atoms with Crippen LogP contribution in [0.3, 0.4) is 0 Å². The lowest BCUT2D eigenvalue weighted by Crippen LogP contribution is -2.37. The van der Waals surface area contributed by atoms with Crippen molar-refractivity contribution < 1.29 is 8.42 Å². The van der Waals surface area contributed by atoms with Gasteiger partial charge in [-0.05, 0) is 19.3 Å². The molecule has 3 heterocycles. The van der Waals surface area contributed by atoms with E-state index in [1.165, 1.54) is 6.26 Å². The minimum atomic E-state index is -3.24. The van der Waals surface area contributed by atoms with Crippen LogP contribution in [0.1, 0.15) is 22.9 Å². The van der Waals surface area contributed by atoms with Crippen LogP contribution in [0, 0.1) is 12.8 Å². The number of aryl methyl sites for hydroxylation is 2. The first-order valence-electron chi connectivity index (χ1n) is 7.28. The van der Waals surface area contributed by atoms with Crippen LogP contribution < -0.4 is 0 Å². The SMILES string of the molecule is Cc1nc(CN(C[C@H]2CCc3nccn3C2)S(C)(=O)=O)cs1. The Labute approximate surface area is 134 Å². The molecule has 0 unspecified atom stereocenters. The van der Waals surface area contributed by atoms with Crippen molar-refractivity contribution in [3.8, 4) is 0 Å². The fourth-order valence-electron chi connectivity index (χ4n) is 2.85. The number of imidazole rings is 1. The van der Waals surface area contributed by atoms with Crippen LogP contribution in [0.25, 0.3) is 0 Å². The third-order valence-electron chi connectivity index (χ3n) is 3.97. The zero-order valence-corrected chi connectivity index (χ0v) is 14.4. The van der Waals surface area contributed by atoms with Gasteiger partial charge in [0.15, 0.2) is 0 Å². The predicted octanol–water partition coefficient (Wildman–Crippen LogP) is 1.67. The number of thiazole rings is 1. The molecule has 0 amide bonds. The first-order chi connectivity index (χ1) is 10.4. The van der Waals surface area contributed by atoms with Gasteiger partial charge >= 0.3 is 0 Å². The van der Waals surface area contributed by atoms with Crippen molar-refractivity contribution in [1.82, 2.24) is 18.8 Å². The monoisotopic (exact) mass is 340 g/mol. The van der Waals surface area contributed by atoms with E-state index >= 15 is 0 Å². The molecule has 0 aromatic carbocycles. The van der Waals surface area contributed by atoms with Gasteiger partial charge in [-0.1, -0.05) is 0 Å². The van der Waals surface area contributed by atoms with Crippen molar-refractivity contribution in [2.45, 2.75) is 32.9 Å². The molecule has 1 aliphatic heterocycles. The summed E-state index contributed by atoms with van der Waals surface area (Å²) in [5.41, 5.74) is 0.826. The number of fused-ring (bicyclic) bond motifs is 1. The average molecular weight is 340 g/mol. The number of hydrogen-bond acceptors (Lipinski definition) is 5. The van der Waals surface area contributed by atoms with E-state index in [2.05, 4.69) is 14.5 Å². The third-order valence-corrected chi connectivity index (χ3v) is 6.01. The van der Waals surface area contributed by atoms with Gasteiger partial charge in [-0.25, -0.2) is 18.4 Å². The molecule has 0 spiro atoms.